The average molecular weight is 268 g/mol. The van der Waals surface area contributed by atoms with Crippen LogP contribution >= 0.6 is 0 Å². The third-order valence-electron chi connectivity index (χ3n) is 3.45. The van der Waals surface area contributed by atoms with Crippen molar-refractivity contribution in [2.45, 2.75) is 0 Å². The molecular weight excluding hydrogens is 247 g/mol. The van der Waals surface area contributed by atoms with Crippen LogP contribution in [0.25, 0.3) is 0 Å². The molecule has 4 heteroatoms. The Morgan fingerprint density at radius 3 is 1.20 bits per heavy atom. The van der Waals surface area contributed by atoms with Gasteiger partial charge in [-0.1, -0.05) is 24.3 Å². The summed E-state index contributed by atoms with van der Waals surface area (Å²) < 4.78 is 0. The third-order valence-corrected chi connectivity index (χ3v) is 3.45. The third kappa shape index (κ3) is 3.14. The van der Waals surface area contributed by atoms with Crippen molar-refractivity contribution >= 4 is 29.2 Å². The number of hydrogen-bond acceptors (Lipinski definition) is 3. The highest BCUT2D eigenvalue weighted by atomic mass is 16.2. The Labute approximate surface area is 121 Å². The predicted octanol–water partition coefficient (Wildman–Crippen LogP) is 0.917. The van der Waals surface area contributed by atoms with Gasteiger partial charge in [-0.05, 0) is 35.2 Å². The Morgan fingerprint density at radius 1 is 0.650 bits per heavy atom. The molecule has 1 N–H and O–H groups in total. The van der Waals surface area contributed by atoms with Gasteiger partial charge in [0.25, 0.3) is 0 Å². The van der Waals surface area contributed by atoms with Crippen LogP contribution in [0.2, 0.25) is 0 Å². The topological polar surface area (TPSA) is 26.7 Å². The Hall–Kier alpha value is -1.94. The zero-order chi connectivity index (χ0) is 14.7. The molecule has 0 aliphatic carbocycles. The molecule has 0 amide bonds. The fourth-order valence-corrected chi connectivity index (χ4v) is 2.10. The molecule has 104 valence electrons. The van der Waals surface area contributed by atoms with Gasteiger partial charge in [0.05, 0.1) is 0 Å². The first-order valence-electron chi connectivity index (χ1n) is 6.71. The number of anilines is 2. The maximum atomic E-state index is 10.4. The molecule has 2 aromatic carbocycles. The van der Waals surface area contributed by atoms with E-state index in [1.54, 1.807) is 0 Å². The van der Waals surface area contributed by atoms with E-state index in [1.165, 1.54) is 0 Å². The van der Waals surface area contributed by atoms with Gasteiger partial charge in [0.2, 0.25) is 0 Å². The van der Waals surface area contributed by atoms with Crippen molar-refractivity contribution < 1.29 is 5.02 Å². The minimum absolute atomic E-state index is 0.581. The lowest BCUT2D eigenvalue weighted by Gasteiger charge is -2.15. The zero-order valence-corrected chi connectivity index (χ0v) is 12.5. The molecule has 2 rings (SSSR count). The van der Waals surface area contributed by atoms with E-state index in [9.17, 15) is 5.02 Å². The quantitative estimate of drug-likeness (QED) is 0.835. The predicted molar refractivity (Wildman–Crippen MR) is 88.8 cm³/mol. The molecule has 0 saturated heterocycles. The molecule has 2 aromatic rings. The SMILES string of the molecule is CN(C)c1ccc(B(O)c2ccc(N(C)C)cc2)cc1. The van der Waals surface area contributed by atoms with Crippen molar-refractivity contribution in [3.05, 3.63) is 48.5 Å². The summed E-state index contributed by atoms with van der Waals surface area (Å²) >= 11 is 0. The van der Waals surface area contributed by atoms with Crippen LogP contribution in [-0.2, 0) is 0 Å². The Morgan fingerprint density at radius 2 is 0.950 bits per heavy atom. The highest BCUT2D eigenvalue weighted by molar-refractivity contribution is 6.78. The lowest BCUT2D eigenvalue weighted by molar-refractivity contribution is 0.600. The first-order valence-corrected chi connectivity index (χ1v) is 6.71. The van der Waals surface area contributed by atoms with E-state index in [-0.39, 0.29) is 0 Å². The molecule has 3 nitrogen and oxygen atoms in total. The molecule has 0 saturated carbocycles. The summed E-state index contributed by atoms with van der Waals surface area (Å²) in [6.45, 7) is -0.581. The van der Waals surface area contributed by atoms with E-state index in [4.69, 9.17) is 0 Å². The van der Waals surface area contributed by atoms with Gasteiger partial charge >= 0.3 is 6.92 Å². The van der Waals surface area contributed by atoms with Gasteiger partial charge in [0.1, 0.15) is 0 Å². The summed E-state index contributed by atoms with van der Waals surface area (Å²) in [4.78, 5) is 4.09. The summed E-state index contributed by atoms with van der Waals surface area (Å²) in [6.07, 6.45) is 0. The maximum Gasteiger partial charge on any atom is 0.358 e. The summed E-state index contributed by atoms with van der Waals surface area (Å²) in [5.74, 6) is 0. The van der Waals surface area contributed by atoms with E-state index >= 15 is 0 Å². The first kappa shape index (κ1) is 14.5. The van der Waals surface area contributed by atoms with Gasteiger partial charge in [-0.2, -0.15) is 0 Å². The van der Waals surface area contributed by atoms with Gasteiger partial charge in [-0.3, -0.25) is 0 Å². The lowest BCUT2D eigenvalue weighted by Crippen LogP contribution is -2.42. The van der Waals surface area contributed by atoms with Crippen molar-refractivity contribution in [3.8, 4) is 0 Å². The lowest BCUT2D eigenvalue weighted by atomic mass is 9.56. The highest BCUT2D eigenvalue weighted by Gasteiger charge is 2.16. The molecule has 0 atom stereocenters. The van der Waals surface area contributed by atoms with Gasteiger partial charge in [0.15, 0.2) is 0 Å². The smallest absolute Gasteiger partial charge is 0.358 e. The van der Waals surface area contributed by atoms with Crippen LogP contribution in [0, 0.1) is 0 Å². The number of rotatable bonds is 4. The van der Waals surface area contributed by atoms with E-state index in [2.05, 4.69) is 0 Å². The van der Waals surface area contributed by atoms with E-state index in [0.717, 1.165) is 22.3 Å². The minimum Gasteiger partial charge on any atom is -0.443 e. The standard InChI is InChI=1S/C16H21BN2O/c1-18(2)15-9-5-13(6-10-15)17(20)14-7-11-16(12-8-14)19(3)4/h5-12,20H,1-4H3. The highest BCUT2D eigenvalue weighted by Crippen LogP contribution is 2.09. The summed E-state index contributed by atoms with van der Waals surface area (Å²) in [5.41, 5.74) is 4.08. The Bertz CT molecular complexity index is 498. The van der Waals surface area contributed by atoms with Crippen LogP contribution in [0.5, 0.6) is 0 Å². The molecule has 0 radical (unpaired) electrons. The molecule has 0 unspecified atom stereocenters. The van der Waals surface area contributed by atoms with Crippen molar-refractivity contribution in [2.24, 2.45) is 0 Å². The average Bonchev–Trinajstić information content (AvgIpc) is 2.46. The Balaban J connectivity index is 2.19. The molecule has 0 heterocycles. The first-order chi connectivity index (χ1) is 9.49. The van der Waals surface area contributed by atoms with Crippen LogP contribution in [0.1, 0.15) is 0 Å². The van der Waals surface area contributed by atoms with Crippen LogP contribution in [0.4, 0.5) is 11.4 Å². The van der Waals surface area contributed by atoms with Crippen LogP contribution in [0.15, 0.2) is 48.5 Å². The van der Waals surface area contributed by atoms with Gasteiger partial charge in [0, 0.05) is 39.6 Å². The largest absolute Gasteiger partial charge is 0.443 e. The minimum atomic E-state index is -0.581. The monoisotopic (exact) mass is 268 g/mol. The van der Waals surface area contributed by atoms with Crippen molar-refractivity contribution in [3.63, 3.8) is 0 Å². The normalized spacial score (nSPS) is 10.2. The molecule has 20 heavy (non-hydrogen) atoms. The van der Waals surface area contributed by atoms with E-state index < -0.39 is 6.92 Å². The maximum absolute atomic E-state index is 10.4. The van der Waals surface area contributed by atoms with Crippen molar-refractivity contribution in [1.29, 1.82) is 0 Å². The van der Waals surface area contributed by atoms with Crippen molar-refractivity contribution in [1.82, 2.24) is 0 Å². The second kappa shape index (κ2) is 6.01. The number of nitrogens with zero attached hydrogens (tertiary/aromatic N) is 2. The van der Waals surface area contributed by atoms with Crippen LogP contribution in [0.3, 0.4) is 0 Å². The second-order valence-electron chi connectivity index (χ2n) is 5.37. The van der Waals surface area contributed by atoms with E-state index in [0.29, 0.717) is 0 Å². The summed E-state index contributed by atoms with van der Waals surface area (Å²) in [6, 6.07) is 16.0. The fraction of sp³-hybridized carbons (Fsp3) is 0.250. The van der Waals surface area contributed by atoms with Crippen molar-refractivity contribution in [2.75, 3.05) is 38.0 Å². The van der Waals surface area contributed by atoms with Gasteiger partial charge in [-0.25, -0.2) is 0 Å². The summed E-state index contributed by atoms with van der Waals surface area (Å²) in [7, 11) is 8.02. The molecule has 0 aliphatic rings. The molecule has 0 bridgehead atoms. The van der Waals surface area contributed by atoms with Gasteiger partial charge in [-0.15, -0.1) is 0 Å². The number of benzene rings is 2. The molecule has 0 fully saturated rings. The van der Waals surface area contributed by atoms with Crippen LogP contribution < -0.4 is 20.7 Å². The molecule has 0 aromatic heterocycles. The molecule has 0 spiro atoms. The van der Waals surface area contributed by atoms with Crippen LogP contribution in [-0.4, -0.2) is 40.1 Å². The zero-order valence-electron chi connectivity index (χ0n) is 12.5. The fourth-order valence-electron chi connectivity index (χ4n) is 2.10. The molecule has 0 aliphatic heterocycles. The Kier molecular flexibility index (Phi) is 4.35. The second-order valence-corrected chi connectivity index (χ2v) is 5.37. The summed E-state index contributed by atoms with van der Waals surface area (Å²) in [5, 5.41) is 10.4. The van der Waals surface area contributed by atoms with E-state index in [1.807, 2.05) is 86.5 Å². The number of hydrogen-bond donors (Lipinski definition) is 1. The molecular formula is C16H21BN2O. The van der Waals surface area contributed by atoms with Gasteiger partial charge < -0.3 is 14.8 Å².